The van der Waals surface area contributed by atoms with Crippen molar-refractivity contribution in [3.05, 3.63) is 7.43 Å². The maximum absolute atomic E-state index is 7.00. The summed E-state index contributed by atoms with van der Waals surface area (Å²) in [4.78, 5) is 0. The molecule has 0 aliphatic carbocycles. The van der Waals surface area contributed by atoms with Crippen LogP contribution in [-0.2, 0) is 58.4 Å². The molecule has 0 atom stereocenters. The molecule has 0 bridgehead atoms. The van der Waals surface area contributed by atoms with E-state index in [4.69, 9.17) is 5.11 Å². The van der Waals surface area contributed by atoms with E-state index in [9.17, 15) is 0 Å². The van der Waals surface area contributed by atoms with Gasteiger partial charge in [0.05, 0.1) is 0 Å². The summed E-state index contributed by atoms with van der Waals surface area (Å²) in [5.41, 5.74) is 0. The summed E-state index contributed by atoms with van der Waals surface area (Å²) in [5.74, 6) is 0. The van der Waals surface area contributed by atoms with Crippen LogP contribution >= 0.6 is 0 Å². The Bertz CT molecular complexity index is 18.5. The molecule has 2 nitrogen and oxygen atoms in total. The Labute approximate surface area is 128 Å². The number of aliphatic hydroxyl groups is 1. The summed E-state index contributed by atoms with van der Waals surface area (Å²) >= 11 is 0. The normalized spacial score (nSPS) is 0.600. The molecule has 0 aromatic carbocycles. The second kappa shape index (κ2) is 172. The first-order valence-corrected chi connectivity index (χ1v) is 0.447. The summed E-state index contributed by atoms with van der Waals surface area (Å²) in [5, 5.41) is 7.00. The summed E-state index contributed by atoms with van der Waals surface area (Å²) < 4.78 is 0. The molecular formula is C4H17O2Rh3U-. The minimum Gasteiger partial charge on any atom is -0.412 e. The van der Waals surface area contributed by atoms with Gasteiger partial charge in [0.25, 0.3) is 0 Å². The van der Waals surface area contributed by atoms with Gasteiger partial charge in [0.1, 0.15) is 0 Å². The molecule has 0 unspecified atom stereocenters. The van der Waals surface area contributed by atoms with Crippen molar-refractivity contribution in [2.45, 2.75) is 14.9 Å². The average molecular weight is 644 g/mol. The number of aliphatic hydroxyl groups excluding tert-OH is 1. The molecule has 6 heteroatoms. The van der Waals surface area contributed by atoms with E-state index in [1.165, 1.54) is 0 Å². The van der Waals surface area contributed by atoms with E-state index >= 15 is 0 Å². The summed E-state index contributed by atoms with van der Waals surface area (Å²) in [7, 11) is 1.00. The Morgan fingerprint density at radius 3 is 0.800 bits per heavy atom. The molecule has 10 heavy (non-hydrogen) atoms. The third-order valence-corrected chi connectivity index (χ3v) is 0. The van der Waals surface area contributed by atoms with Gasteiger partial charge < -0.3 is 18.0 Å². The van der Waals surface area contributed by atoms with Gasteiger partial charge in [-0.3, -0.25) is 0 Å². The summed E-state index contributed by atoms with van der Waals surface area (Å²) in [6, 6.07) is 0. The first-order chi connectivity index (χ1) is 1.00. The molecule has 0 amide bonds. The average Bonchev–Trinajstić information content (AvgIpc) is 1.00. The van der Waals surface area contributed by atoms with Crippen LogP contribution < -0.4 is 0 Å². The van der Waals surface area contributed by atoms with Crippen LogP contribution in [-0.4, -0.2) is 17.7 Å². The molecule has 0 fully saturated rings. The Morgan fingerprint density at radius 2 is 0.800 bits per heavy atom. The molecule has 0 saturated heterocycles. The number of rotatable bonds is 0. The van der Waals surface area contributed by atoms with E-state index in [0.717, 1.165) is 7.11 Å². The van der Waals surface area contributed by atoms with Gasteiger partial charge in [-0.05, 0) is 0 Å². The Morgan fingerprint density at radius 1 is 0.800 bits per heavy atom. The van der Waals surface area contributed by atoms with E-state index in [0.29, 0.717) is 0 Å². The van der Waals surface area contributed by atoms with Crippen LogP contribution in [0.1, 0.15) is 14.9 Å². The van der Waals surface area contributed by atoms with Gasteiger partial charge in [-0.1, -0.05) is 14.9 Å². The van der Waals surface area contributed by atoms with Crippen LogP contribution in [0.4, 0.5) is 0 Å². The maximum atomic E-state index is 7.00. The molecule has 0 aromatic rings. The third kappa shape index (κ3) is 130. The van der Waals surface area contributed by atoms with E-state index in [1.54, 1.807) is 0 Å². The Balaban J connectivity index is -0.000000000179. The number of hydrogen-bond acceptors (Lipinski definition) is 1. The van der Waals surface area contributed by atoms with Crippen molar-refractivity contribution < 1.29 is 100 Å². The molecule has 0 aromatic heterocycles. The molecule has 0 heterocycles. The van der Waals surface area contributed by atoms with E-state index in [2.05, 4.69) is 0 Å². The molecule has 0 spiro atoms. The quantitative estimate of drug-likeness (QED) is 0.304. The van der Waals surface area contributed by atoms with Crippen LogP contribution in [0.25, 0.3) is 0 Å². The van der Waals surface area contributed by atoms with Gasteiger partial charge in [0.15, 0.2) is 0 Å². The van der Waals surface area contributed by atoms with Crippen LogP contribution in [0, 0.1) is 38.5 Å². The zero-order valence-electron chi connectivity index (χ0n) is 4.45. The van der Waals surface area contributed by atoms with Crippen LogP contribution in [0.15, 0.2) is 0 Å². The van der Waals surface area contributed by atoms with E-state index in [1.807, 2.05) is 0 Å². The first-order valence-electron chi connectivity index (χ1n) is 0.447. The Kier molecular flexibility index (Phi) is 2100. The number of hydrogen-bond donors (Lipinski definition) is 1. The topological polar surface area (TPSA) is 51.7 Å². The minimum atomic E-state index is 0. The Hall–Kier alpha value is 2.84. The van der Waals surface area contributed by atoms with Gasteiger partial charge in [-0.15, -0.1) is 0 Å². The second-order valence-corrected chi connectivity index (χ2v) is 0. The van der Waals surface area contributed by atoms with Gasteiger partial charge in [-0.2, -0.15) is 0 Å². The molecule has 0 aliphatic heterocycles. The predicted octanol–water partition coefficient (Wildman–Crippen LogP) is 0.499. The second-order valence-electron chi connectivity index (χ2n) is 0. The molecular weight excluding hydrogens is 627 g/mol. The van der Waals surface area contributed by atoms with Gasteiger partial charge in [-0.25, -0.2) is 0 Å². The smallest absolute Gasteiger partial charge is 0.0319 e. The molecule has 0 saturated carbocycles. The van der Waals surface area contributed by atoms with Crippen molar-refractivity contribution in [2.24, 2.45) is 0 Å². The minimum absolute atomic E-state index is 0. The van der Waals surface area contributed by atoms with Crippen molar-refractivity contribution >= 4 is 0 Å². The van der Waals surface area contributed by atoms with Gasteiger partial charge in [0, 0.05) is 96.7 Å². The zero-order chi connectivity index (χ0) is 2.00. The standard InChI is InChI=1S/CH4O.2CH4.CH3.H2O.3Rh.U/c1-2;;;;;;;;/h2H,1H3;2*1H4;1H3;1H2;;;;/q;;;-1;;;;;. The van der Waals surface area contributed by atoms with E-state index < -0.39 is 0 Å². The third-order valence-electron chi connectivity index (χ3n) is 0. The molecule has 3 radical (unpaired) electrons. The van der Waals surface area contributed by atoms with E-state index in [-0.39, 0.29) is 117 Å². The fraction of sp³-hybridized carbons (Fsp3) is 0.750. The predicted molar refractivity (Wildman–Crippen MR) is 31.6 cm³/mol. The van der Waals surface area contributed by atoms with Crippen LogP contribution in [0.5, 0.6) is 0 Å². The first kappa shape index (κ1) is 122. The molecule has 3 N–H and O–H groups in total. The van der Waals surface area contributed by atoms with Crippen molar-refractivity contribution in [3.8, 4) is 0 Å². The van der Waals surface area contributed by atoms with Gasteiger partial charge >= 0.3 is 0 Å². The monoisotopic (exact) mass is 644 g/mol. The summed E-state index contributed by atoms with van der Waals surface area (Å²) in [6.45, 7) is 0. The largest absolute Gasteiger partial charge is 0.412 e. The van der Waals surface area contributed by atoms with Gasteiger partial charge in [0.2, 0.25) is 0 Å². The SMILES string of the molecule is C.C.CO.O.[CH3-].[Rh].[Rh].[Rh].[U]. The molecule has 0 aliphatic rings. The summed E-state index contributed by atoms with van der Waals surface area (Å²) in [6.07, 6.45) is 0. The van der Waals surface area contributed by atoms with Crippen molar-refractivity contribution in [3.63, 3.8) is 0 Å². The van der Waals surface area contributed by atoms with Crippen molar-refractivity contribution in [2.75, 3.05) is 7.11 Å². The molecule has 77 valence electrons. The van der Waals surface area contributed by atoms with Crippen molar-refractivity contribution in [1.29, 1.82) is 0 Å². The maximum Gasteiger partial charge on any atom is 0.0319 e. The zero-order valence-corrected chi connectivity index (χ0v) is 13.5. The van der Waals surface area contributed by atoms with Crippen LogP contribution in [0.2, 0.25) is 0 Å². The van der Waals surface area contributed by atoms with Crippen LogP contribution in [0.3, 0.4) is 0 Å². The fourth-order valence-corrected chi connectivity index (χ4v) is 0. The van der Waals surface area contributed by atoms with Crippen molar-refractivity contribution in [1.82, 2.24) is 0 Å². The fourth-order valence-electron chi connectivity index (χ4n) is 0. The molecule has 0 rings (SSSR count).